The summed E-state index contributed by atoms with van der Waals surface area (Å²) >= 11 is 0. The lowest BCUT2D eigenvalue weighted by Crippen LogP contribution is -2.46. The average Bonchev–Trinajstić information content (AvgIpc) is 3.35. The number of hydrogen-bond donors (Lipinski definition) is 3. The van der Waals surface area contributed by atoms with Crippen LogP contribution in [0.5, 0.6) is 0 Å². The molecule has 0 rings (SSSR count). The van der Waals surface area contributed by atoms with Crippen molar-refractivity contribution >= 4 is 11.9 Å². The molecule has 0 bridgehead atoms. The molecule has 70 heavy (non-hydrogen) atoms. The van der Waals surface area contributed by atoms with E-state index in [-0.39, 0.29) is 24.9 Å². The van der Waals surface area contributed by atoms with Gasteiger partial charge in [0.1, 0.15) is 6.10 Å². The Balaban J connectivity index is 4.49. The van der Waals surface area contributed by atoms with E-state index in [9.17, 15) is 19.8 Å². The molecule has 0 aromatic carbocycles. The summed E-state index contributed by atoms with van der Waals surface area (Å²) in [6.45, 7) is 6.54. The number of nitrogens with one attached hydrogen (secondary N) is 1. The lowest BCUT2D eigenvalue weighted by Gasteiger charge is -2.24. The topological polar surface area (TPSA) is 95.9 Å². The van der Waals surface area contributed by atoms with Crippen LogP contribution in [-0.4, -0.2) is 46.9 Å². The highest BCUT2D eigenvalue weighted by molar-refractivity contribution is 5.77. The summed E-state index contributed by atoms with van der Waals surface area (Å²) in [7, 11) is 0. The molecule has 416 valence electrons. The number of aliphatic hydroxyl groups is 2. The van der Waals surface area contributed by atoms with Crippen molar-refractivity contribution < 1.29 is 24.5 Å². The molecule has 1 amide bonds. The number of ether oxygens (including phenoxy) is 1. The van der Waals surface area contributed by atoms with E-state index in [4.69, 9.17) is 4.74 Å². The SMILES string of the molecule is CCCCCCCC/C=C/CCCCCCCCCC(CC(=O)NC(CO)C(O)CCCCCCCCCCCCCCCCCC)OC(=O)CCCCCCCCCCCCCCCCCCCC. The molecule has 0 saturated heterocycles. The molecular weight excluding hydrogens is 863 g/mol. The van der Waals surface area contributed by atoms with Crippen LogP contribution < -0.4 is 5.32 Å². The molecule has 0 aliphatic rings. The Bertz CT molecular complexity index is 1060. The molecule has 6 nitrogen and oxygen atoms in total. The fourth-order valence-corrected chi connectivity index (χ4v) is 10.3. The van der Waals surface area contributed by atoms with Crippen LogP contribution in [0.15, 0.2) is 12.2 Å². The second-order valence-corrected chi connectivity index (χ2v) is 22.2. The second-order valence-electron chi connectivity index (χ2n) is 22.2. The summed E-state index contributed by atoms with van der Waals surface area (Å²) in [5.74, 6) is -0.449. The van der Waals surface area contributed by atoms with Crippen molar-refractivity contribution in [3.05, 3.63) is 12.2 Å². The van der Waals surface area contributed by atoms with E-state index in [0.717, 1.165) is 51.4 Å². The van der Waals surface area contributed by atoms with Gasteiger partial charge in [-0.3, -0.25) is 9.59 Å². The summed E-state index contributed by atoms with van der Waals surface area (Å²) < 4.78 is 5.99. The minimum Gasteiger partial charge on any atom is -0.462 e. The Morgan fingerprint density at radius 2 is 0.686 bits per heavy atom. The lowest BCUT2D eigenvalue weighted by atomic mass is 10.0. The number of amides is 1. The Labute approximate surface area is 438 Å². The van der Waals surface area contributed by atoms with Crippen molar-refractivity contribution in [2.24, 2.45) is 0 Å². The first-order chi connectivity index (χ1) is 34.5. The number of allylic oxidation sites excluding steroid dienone is 2. The summed E-state index contributed by atoms with van der Waals surface area (Å²) in [6, 6.07) is -0.698. The first kappa shape index (κ1) is 68.6. The van der Waals surface area contributed by atoms with E-state index in [1.165, 1.54) is 263 Å². The van der Waals surface area contributed by atoms with Gasteiger partial charge in [-0.2, -0.15) is 0 Å². The van der Waals surface area contributed by atoms with Crippen LogP contribution in [0.3, 0.4) is 0 Å². The van der Waals surface area contributed by atoms with Crippen molar-refractivity contribution in [1.29, 1.82) is 0 Å². The first-order valence-corrected chi connectivity index (χ1v) is 31.9. The maximum atomic E-state index is 13.3. The van der Waals surface area contributed by atoms with E-state index < -0.39 is 18.2 Å². The quantitative estimate of drug-likeness (QED) is 0.0321. The number of aliphatic hydroxyl groups excluding tert-OH is 2. The zero-order valence-corrected chi connectivity index (χ0v) is 47.7. The highest BCUT2D eigenvalue weighted by Gasteiger charge is 2.24. The summed E-state index contributed by atoms with van der Waals surface area (Å²) in [5, 5.41) is 24.0. The average molecular weight is 989 g/mol. The van der Waals surface area contributed by atoms with Gasteiger partial charge in [0.05, 0.1) is 25.2 Å². The molecule has 0 aliphatic carbocycles. The van der Waals surface area contributed by atoms with Gasteiger partial charge in [0.15, 0.2) is 0 Å². The molecule has 0 heterocycles. The van der Waals surface area contributed by atoms with Gasteiger partial charge in [0, 0.05) is 6.42 Å². The molecule has 0 fully saturated rings. The van der Waals surface area contributed by atoms with Crippen LogP contribution in [0, 0.1) is 0 Å². The van der Waals surface area contributed by atoms with E-state index in [0.29, 0.717) is 19.3 Å². The molecule has 3 N–H and O–H groups in total. The van der Waals surface area contributed by atoms with Crippen molar-refractivity contribution in [3.8, 4) is 0 Å². The summed E-state index contributed by atoms with van der Waals surface area (Å²) in [5.41, 5.74) is 0. The van der Waals surface area contributed by atoms with Gasteiger partial charge in [-0.15, -0.1) is 0 Å². The standard InChI is InChI=1S/C64H125NO5/c1-4-7-10-13-16-19-22-25-28-31-33-36-39-42-45-48-51-54-57-64(69)70-60(55-52-49-46-43-40-37-34-32-29-26-23-20-17-14-11-8-5-2)58-63(68)65-61(59-66)62(67)56-53-50-47-44-41-38-35-30-27-24-21-18-15-12-9-6-3/h26,29,60-62,66-67H,4-25,27-28,30-59H2,1-3H3,(H,65,68)/b29-26+. The van der Waals surface area contributed by atoms with E-state index >= 15 is 0 Å². The Morgan fingerprint density at radius 3 is 1.01 bits per heavy atom. The summed E-state index contributed by atoms with van der Waals surface area (Å²) in [6.07, 6.45) is 68.6. The van der Waals surface area contributed by atoms with Crippen molar-refractivity contribution in [2.75, 3.05) is 6.61 Å². The Hall–Kier alpha value is -1.40. The minimum absolute atomic E-state index is 0.0828. The van der Waals surface area contributed by atoms with E-state index in [1.54, 1.807) is 0 Å². The molecular formula is C64H125NO5. The molecule has 0 aromatic heterocycles. The maximum Gasteiger partial charge on any atom is 0.306 e. The zero-order chi connectivity index (χ0) is 50.9. The van der Waals surface area contributed by atoms with Crippen LogP contribution in [0.1, 0.15) is 361 Å². The molecule has 0 aromatic rings. The third-order valence-corrected chi connectivity index (χ3v) is 15.1. The molecule has 0 spiro atoms. The zero-order valence-electron chi connectivity index (χ0n) is 47.7. The predicted molar refractivity (Wildman–Crippen MR) is 306 cm³/mol. The highest BCUT2D eigenvalue weighted by Crippen LogP contribution is 2.20. The van der Waals surface area contributed by atoms with Gasteiger partial charge in [0.2, 0.25) is 5.91 Å². The molecule has 0 saturated carbocycles. The van der Waals surface area contributed by atoms with Crippen molar-refractivity contribution in [3.63, 3.8) is 0 Å². The normalized spacial score (nSPS) is 13.0. The Kier molecular flexibility index (Phi) is 57.3. The number of rotatable bonds is 59. The Morgan fingerprint density at radius 1 is 0.400 bits per heavy atom. The minimum atomic E-state index is -0.785. The van der Waals surface area contributed by atoms with Crippen molar-refractivity contribution in [1.82, 2.24) is 5.32 Å². The van der Waals surface area contributed by atoms with Gasteiger partial charge >= 0.3 is 5.97 Å². The van der Waals surface area contributed by atoms with Gasteiger partial charge < -0.3 is 20.3 Å². The number of hydrogen-bond acceptors (Lipinski definition) is 5. The largest absolute Gasteiger partial charge is 0.462 e. The summed E-state index contributed by atoms with van der Waals surface area (Å²) in [4.78, 5) is 26.4. The predicted octanol–water partition coefficient (Wildman–Crippen LogP) is 20.0. The lowest BCUT2D eigenvalue weighted by molar-refractivity contribution is -0.151. The van der Waals surface area contributed by atoms with Crippen LogP contribution in [-0.2, 0) is 14.3 Å². The second kappa shape index (κ2) is 58.5. The van der Waals surface area contributed by atoms with Crippen LogP contribution in [0.2, 0.25) is 0 Å². The molecule has 0 radical (unpaired) electrons. The van der Waals surface area contributed by atoms with Crippen molar-refractivity contribution in [2.45, 2.75) is 379 Å². The fourth-order valence-electron chi connectivity index (χ4n) is 10.3. The molecule has 0 aliphatic heterocycles. The number of unbranched alkanes of at least 4 members (excludes halogenated alkanes) is 45. The number of carbonyl (C=O) groups is 2. The van der Waals surface area contributed by atoms with Gasteiger partial charge in [0.25, 0.3) is 0 Å². The van der Waals surface area contributed by atoms with E-state index in [2.05, 4.69) is 38.2 Å². The van der Waals surface area contributed by atoms with Gasteiger partial charge in [-0.1, -0.05) is 309 Å². The van der Waals surface area contributed by atoms with Crippen LogP contribution in [0.25, 0.3) is 0 Å². The number of esters is 1. The molecule has 3 atom stereocenters. The smallest absolute Gasteiger partial charge is 0.306 e. The highest BCUT2D eigenvalue weighted by atomic mass is 16.5. The first-order valence-electron chi connectivity index (χ1n) is 31.9. The third-order valence-electron chi connectivity index (χ3n) is 15.1. The maximum absolute atomic E-state index is 13.3. The molecule has 3 unspecified atom stereocenters. The fraction of sp³-hybridized carbons (Fsp3) is 0.938. The third kappa shape index (κ3) is 52.9. The van der Waals surface area contributed by atoms with Crippen LogP contribution >= 0.6 is 0 Å². The molecule has 6 heteroatoms. The number of carbonyl (C=O) groups excluding carboxylic acids is 2. The monoisotopic (exact) mass is 988 g/mol. The van der Waals surface area contributed by atoms with E-state index in [1.807, 2.05) is 0 Å². The van der Waals surface area contributed by atoms with Gasteiger partial charge in [-0.05, 0) is 51.4 Å². The van der Waals surface area contributed by atoms with Gasteiger partial charge in [-0.25, -0.2) is 0 Å². The van der Waals surface area contributed by atoms with Crippen LogP contribution in [0.4, 0.5) is 0 Å².